The third-order valence-electron chi connectivity index (χ3n) is 3.59. The Morgan fingerprint density at radius 1 is 1.26 bits per heavy atom. The number of hydrogen-bond donors (Lipinski definition) is 3. The number of amides is 2. The summed E-state index contributed by atoms with van der Waals surface area (Å²) >= 11 is 1.12. The average Bonchev–Trinajstić information content (AvgIpc) is 3.22. The van der Waals surface area contributed by atoms with Gasteiger partial charge in [-0.2, -0.15) is 13.2 Å². The second kappa shape index (κ2) is 6.83. The van der Waals surface area contributed by atoms with E-state index in [2.05, 4.69) is 20.3 Å². The summed E-state index contributed by atoms with van der Waals surface area (Å²) in [6.07, 6.45) is -3.03. The number of H-pyrrole nitrogens is 1. The molecule has 7 nitrogen and oxygen atoms in total. The van der Waals surface area contributed by atoms with Gasteiger partial charge >= 0.3 is 6.18 Å². The third kappa shape index (κ3) is 3.97. The van der Waals surface area contributed by atoms with Gasteiger partial charge < -0.3 is 10.7 Å². The standard InChI is InChI=1S/C16H12F3N5O2S/c1-7-9(2-3-12(22-7)16(17,18)19)14(26)24-15-23-11(6-27-15)8-4-10(13(20)25)21-5-8/h2-6,21H,1H3,(H2,20,25)(H,23,24,26). The molecule has 3 rings (SSSR count). The van der Waals surface area contributed by atoms with E-state index in [4.69, 9.17) is 5.73 Å². The van der Waals surface area contributed by atoms with Crippen LogP contribution >= 0.6 is 11.3 Å². The van der Waals surface area contributed by atoms with Gasteiger partial charge in [0.2, 0.25) is 0 Å². The summed E-state index contributed by atoms with van der Waals surface area (Å²) in [6.45, 7) is 1.32. The number of anilines is 1. The van der Waals surface area contributed by atoms with Crippen LogP contribution in [0.1, 0.15) is 32.2 Å². The van der Waals surface area contributed by atoms with E-state index in [0.29, 0.717) is 11.3 Å². The van der Waals surface area contributed by atoms with Crippen molar-refractivity contribution in [2.24, 2.45) is 5.73 Å². The van der Waals surface area contributed by atoms with Crippen molar-refractivity contribution in [3.8, 4) is 11.3 Å². The number of rotatable bonds is 4. The number of aromatic nitrogens is 3. The maximum Gasteiger partial charge on any atom is 0.433 e. The maximum atomic E-state index is 12.7. The molecule has 0 fully saturated rings. The minimum Gasteiger partial charge on any atom is -0.364 e. The number of aromatic amines is 1. The van der Waals surface area contributed by atoms with Crippen LogP contribution in [0.4, 0.5) is 18.3 Å². The molecular weight excluding hydrogens is 383 g/mol. The van der Waals surface area contributed by atoms with Gasteiger partial charge in [-0.1, -0.05) is 0 Å². The molecule has 140 valence electrons. The van der Waals surface area contributed by atoms with Crippen LogP contribution < -0.4 is 11.1 Å². The molecule has 0 aliphatic heterocycles. The molecule has 27 heavy (non-hydrogen) atoms. The van der Waals surface area contributed by atoms with Crippen LogP contribution in [0.25, 0.3) is 11.3 Å². The molecular formula is C16H12F3N5O2S. The number of halogens is 3. The number of alkyl halides is 3. The minimum absolute atomic E-state index is 0.0115. The highest BCUT2D eigenvalue weighted by Gasteiger charge is 2.33. The topological polar surface area (TPSA) is 114 Å². The molecule has 0 aliphatic carbocycles. The number of thiazole rings is 1. The van der Waals surface area contributed by atoms with Gasteiger partial charge in [0, 0.05) is 17.1 Å². The van der Waals surface area contributed by atoms with E-state index in [-0.39, 0.29) is 22.1 Å². The molecule has 4 N–H and O–H groups in total. The summed E-state index contributed by atoms with van der Waals surface area (Å²) in [4.78, 5) is 33.8. The number of primary amides is 1. The Kier molecular flexibility index (Phi) is 4.70. The van der Waals surface area contributed by atoms with E-state index < -0.39 is 23.7 Å². The Hall–Kier alpha value is -3.21. The van der Waals surface area contributed by atoms with Crippen molar-refractivity contribution in [3.63, 3.8) is 0 Å². The number of hydrogen-bond acceptors (Lipinski definition) is 5. The molecule has 0 saturated carbocycles. The SMILES string of the molecule is Cc1nc(C(F)(F)F)ccc1C(=O)Nc1nc(-c2c[nH]c(C(N)=O)c2)cs1. The number of aryl methyl sites for hydroxylation is 1. The third-order valence-corrected chi connectivity index (χ3v) is 4.35. The van der Waals surface area contributed by atoms with Gasteiger partial charge in [0.25, 0.3) is 11.8 Å². The Balaban J connectivity index is 1.77. The highest BCUT2D eigenvalue weighted by molar-refractivity contribution is 7.14. The van der Waals surface area contributed by atoms with Gasteiger partial charge in [0.1, 0.15) is 11.4 Å². The quantitative estimate of drug-likeness (QED) is 0.629. The molecule has 0 radical (unpaired) electrons. The van der Waals surface area contributed by atoms with E-state index in [0.717, 1.165) is 23.5 Å². The van der Waals surface area contributed by atoms with Gasteiger partial charge in [0.05, 0.1) is 17.0 Å². The van der Waals surface area contributed by atoms with Crippen LogP contribution in [0.15, 0.2) is 29.8 Å². The Bertz CT molecular complexity index is 1030. The van der Waals surface area contributed by atoms with Crippen LogP contribution in [-0.4, -0.2) is 26.8 Å². The van der Waals surface area contributed by atoms with Crippen molar-refractivity contribution in [2.75, 3.05) is 5.32 Å². The molecule has 0 aromatic carbocycles. The fourth-order valence-electron chi connectivity index (χ4n) is 2.27. The van der Waals surface area contributed by atoms with Crippen LogP contribution in [0.5, 0.6) is 0 Å². The highest BCUT2D eigenvalue weighted by atomic mass is 32.1. The fourth-order valence-corrected chi connectivity index (χ4v) is 2.99. The minimum atomic E-state index is -4.58. The zero-order valence-corrected chi connectivity index (χ0v) is 14.5. The molecule has 0 bridgehead atoms. The number of nitrogens with one attached hydrogen (secondary N) is 2. The molecule has 0 spiro atoms. The predicted molar refractivity (Wildman–Crippen MR) is 92.3 cm³/mol. The van der Waals surface area contributed by atoms with E-state index in [1.54, 1.807) is 11.6 Å². The van der Waals surface area contributed by atoms with Crippen molar-refractivity contribution in [1.82, 2.24) is 15.0 Å². The molecule has 2 amide bonds. The molecule has 3 heterocycles. The highest BCUT2D eigenvalue weighted by Crippen LogP contribution is 2.29. The van der Waals surface area contributed by atoms with E-state index >= 15 is 0 Å². The van der Waals surface area contributed by atoms with Crippen molar-refractivity contribution in [1.29, 1.82) is 0 Å². The van der Waals surface area contributed by atoms with Gasteiger partial charge in [-0.05, 0) is 25.1 Å². The Morgan fingerprint density at radius 3 is 2.59 bits per heavy atom. The zero-order valence-electron chi connectivity index (χ0n) is 13.7. The summed E-state index contributed by atoms with van der Waals surface area (Å²) in [6, 6.07) is 3.34. The van der Waals surface area contributed by atoms with Crippen molar-refractivity contribution < 1.29 is 22.8 Å². The first-order valence-corrected chi connectivity index (χ1v) is 8.33. The molecule has 3 aromatic heterocycles. The first-order chi connectivity index (χ1) is 12.6. The van der Waals surface area contributed by atoms with Crippen LogP contribution in [0.3, 0.4) is 0 Å². The monoisotopic (exact) mass is 395 g/mol. The number of nitrogens with two attached hydrogens (primary N) is 1. The molecule has 11 heteroatoms. The van der Waals surface area contributed by atoms with E-state index in [1.165, 1.54) is 13.0 Å². The Labute approximate surface area is 154 Å². The first-order valence-electron chi connectivity index (χ1n) is 7.45. The fraction of sp³-hybridized carbons (Fsp3) is 0.125. The van der Waals surface area contributed by atoms with Gasteiger partial charge in [-0.3, -0.25) is 14.9 Å². The summed E-state index contributed by atoms with van der Waals surface area (Å²) in [5.74, 6) is -1.24. The lowest BCUT2D eigenvalue weighted by molar-refractivity contribution is -0.141. The summed E-state index contributed by atoms with van der Waals surface area (Å²) < 4.78 is 38.0. The number of nitrogens with zero attached hydrogens (tertiary/aromatic N) is 2. The number of carbonyl (C=O) groups excluding carboxylic acids is 2. The molecule has 0 aliphatic rings. The van der Waals surface area contributed by atoms with Crippen LogP contribution in [-0.2, 0) is 6.18 Å². The lowest BCUT2D eigenvalue weighted by Gasteiger charge is -2.09. The number of carbonyl (C=O) groups is 2. The smallest absolute Gasteiger partial charge is 0.364 e. The van der Waals surface area contributed by atoms with Crippen molar-refractivity contribution >= 4 is 28.3 Å². The van der Waals surface area contributed by atoms with Crippen molar-refractivity contribution in [2.45, 2.75) is 13.1 Å². The van der Waals surface area contributed by atoms with Crippen LogP contribution in [0.2, 0.25) is 0 Å². The lowest BCUT2D eigenvalue weighted by atomic mass is 10.1. The van der Waals surface area contributed by atoms with Crippen LogP contribution in [0, 0.1) is 6.92 Å². The molecule has 0 atom stereocenters. The molecule has 0 saturated heterocycles. The molecule has 0 unspecified atom stereocenters. The average molecular weight is 395 g/mol. The summed E-state index contributed by atoms with van der Waals surface area (Å²) in [5, 5.41) is 4.42. The van der Waals surface area contributed by atoms with Gasteiger partial charge in [-0.25, -0.2) is 9.97 Å². The van der Waals surface area contributed by atoms with E-state index in [9.17, 15) is 22.8 Å². The second-order valence-electron chi connectivity index (χ2n) is 5.49. The van der Waals surface area contributed by atoms with Gasteiger partial charge in [0.15, 0.2) is 5.13 Å². The predicted octanol–water partition coefficient (Wildman–Crippen LogP) is 3.21. The van der Waals surface area contributed by atoms with Crippen molar-refractivity contribution in [3.05, 3.63) is 52.4 Å². The largest absolute Gasteiger partial charge is 0.433 e. The second-order valence-corrected chi connectivity index (χ2v) is 6.34. The van der Waals surface area contributed by atoms with Gasteiger partial charge in [-0.15, -0.1) is 11.3 Å². The zero-order chi connectivity index (χ0) is 19.8. The van der Waals surface area contributed by atoms with E-state index in [1.807, 2.05) is 0 Å². The maximum absolute atomic E-state index is 12.7. The summed E-state index contributed by atoms with van der Waals surface area (Å²) in [7, 11) is 0. The lowest BCUT2D eigenvalue weighted by Crippen LogP contribution is -2.16. The molecule has 3 aromatic rings. The first kappa shape index (κ1) is 18.6. The normalized spacial score (nSPS) is 11.4. The number of pyridine rings is 1. The Morgan fingerprint density at radius 2 is 2.00 bits per heavy atom. The summed E-state index contributed by atoms with van der Waals surface area (Å²) in [5.41, 5.74) is 5.40.